The maximum absolute atomic E-state index is 15.4. The van der Waals surface area contributed by atoms with Crippen LogP contribution in [0.25, 0.3) is 32.9 Å². The van der Waals surface area contributed by atoms with Crippen molar-refractivity contribution in [2.24, 2.45) is 0 Å². The number of nitrogens with one attached hydrogen (secondary N) is 1. The number of carbonyl (C=O) groups excluding carboxylic acids is 1. The number of hydrogen-bond donors (Lipinski definition) is 2. The third kappa shape index (κ3) is 3.04. The molecule has 3 aromatic carbocycles. The van der Waals surface area contributed by atoms with E-state index in [0.717, 1.165) is 33.2 Å². The highest BCUT2D eigenvalue weighted by atomic mass is 19.1. The lowest BCUT2D eigenvalue weighted by Crippen LogP contribution is -2.14. The Balaban J connectivity index is 2.19. The van der Waals surface area contributed by atoms with Gasteiger partial charge in [0.15, 0.2) is 5.78 Å². The number of aromatic nitrogens is 1. The highest BCUT2D eigenvalue weighted by Gasteiger charge is 2.23. The lowest BCUT2D eigenvalue weighted by atomic mass is 9.90. The fraction of sp³-hybridized carbons (Fsp3) is 0.240. The fourth-order valence-electron chi connectivity index (χ4n) is 3.99. The Kier molecular flexibility index (Phi) is 4.35. The van der Waals surface area contributed by atoms with Gasteiger partial charge in [0.2, 0.25) is 0 Å². The van der Waals surface area contributed by atoms with Gasteiger partial charge in [0.05, 0.1) is 11.1 Å². The molecular weight excluding hydrogens is 365 g/mol. The highest BCUT2D eigenvalue weighted by molar-refractivity contribution is 6.20. The molecule has 0 spiro atoms. The van der Waals surface area contributed by atoms with Crippen molar-refractivity contribution in [2.45, 2.75) is 40.2 Å². The number of aromatic amines is 1. The summed E-state index contributed by atoms with van der Waals surface area (Å²) in [5, 5.41) is 11.9. The zero-order chi connectivity index (χ0) is 21.1. The Morgan fingerprint density at radius 3 is 2.48 bits per heavy atom. The van der Waals surface area contributed by atoms with E-state index in [9.17, 15) is 9.90 Å². The van der Waals surface area contributed by atoms with Crippen molar-refractivity contribution in [3.8, 4) is 11.1 Å². The molecule has 0 radical (unpaired) electrons. The maximum Gasteiger partial charge on any atom is 0.162 e. The summed E-state index contributed by atoms with van der Waals surface area (Å²) in [5.41, 5.74) is 4.85. The molecule has 0 saturated carbocycles. The average molecular weight is 389 g/mol. The lowest BCUT2D eigenvalue weighted by Gasteiger charge is -2.17. The standard InChI is InChI=1S/C25H24FNO2/c1-13-7-6-8-17(14(13)2)22-20(26)12-19(15(3)28)24-23(22)18-10-9-16(25(4,5)29)11-21(18)27-24/h6-12,27,29H,1-5H3. The summed E-state index contributed by atoms with van der Waals surface area (Å²) in [6, 6.07) is 12.8. The van der Waals surface area contributed by atoms with Gasteiger partial charge in [0, 0.05) is 27.4 Å². The molecule has 4 heteroatoms. The van der Waals surface area contributed by atoms with Crippen LogP contribution in [0.4, 0.5) is 4.39 Å². The number of Topliss-reactive ketones (excluding diaryl/α,β-unsaturated/α-hetero) is 1. The number of carbonyl (C=O) groups is 1. The SMILES string of the molecule is CC(=O)c1cc(F)c(-c2cccc(C)c2C)c2c1[nH]c1cc(C(C)(C)O)ccc12. The van der Waals surface area contributed by atoms with Crippen LogP contribution < -0.4 is 0 Å². The van der Waals surface area contributed by atoms with E-state index in [4.69, 9.17) is 0 Å². The molecule has 3 nitrogen and oxygen atoms in total. The third-order valence-electron chi connectivity index (χ3n) is 5.79. The van der Waals surface area contributed by atoms with Gasteiger partial charge in [-0.3, -0.25) is 4.79 Å². The van der Waals surface area contributed by atoms with Crippen LogP contribution in [0.1, 0.15) is 47.8 Å². The van der Waals surface area contributed by atoms with Gasteiger partial charge in [-0.25, -0.2) is 4.39 Å². The minimum Gasteiger partial charge on any atom is -0.386 e. The Labute approximate surface area is 169 Å². The third-order valence-corrected chi connectivity index (χ3v) is 5.79. The Morgan fingerprint density at radius 1 is 1.10 bits per heavy atom. The first-order valence-corrected chi connectivity index (χ1v) is 9.68. The molecular formula is C25H24FNO2. The number of benzene rings is 3. The van der Waals surface area contributed by atoms with Crippen molar-refractivity contribution in [3.63, 3.8) is 0 Å². The number of aryl methyl sites for hydroxylation is 1. The van der Waals surface area contributed by atoms with Gasteiger partial charge in [-0.1, -0.05) is 30.3 Å². The topological polar surface area (TPSA) is 53.1 Å². The van der Waals surface area contributed by atoms with E-state index < -0.39 is 11.4 Å². The molecule has 0 aliphatic carbocycles. The summed E-state index contributed by atoms with van der Waals surface area (Å²) >= 11 is 0. The van der Waals surface area contributed by atoms with Crippen molar-refractivity contribution < 1.29 is 14.3 Å². The number of rotatable bonds is 3. The predicted octanol–water partition coefficient (Wildman–Crippen LogP) is 6.17. The van der Waals surface area contributed by atoms with Gasteiger partial charge in [-0.2, -0.15) is 0 Å². The summed E-state index contributed by atoms with van der Waals surface area (Å²) < 4.78 is 15.4. The molecule has 4 aromatic rings. The van der Waals surface area contributed by atoms with Gasteiger partial charge < -0.3 is 10.1 Å². The summed E-state index contributed by atoms with van der Waals surface area (Å²) in [6.45, 7) is 8.87. The van der Waals surface area contributed by atoms with Gasteiger partial charge >= 0.3 is 0 Å². The van der Waals surface area contributed by atoms with Crippen LogP contribution in [0.15, 0.2) is 42.5 Å². The molecule has 0 bridgehead atoms. The molecule has 1 aromatic heterocycles. The molecule has 148 valence electrons. The number of halogens is 1. The summed E-state index contributed by atoms with van der Waals surface area (Å²) in [6.07, 6.45) is 0. The van der Waals surface area contributed by atoms with Crippen LogP contribution in [0.2, 0.25) is 0 Å². The first-order chi connectivity index (χ1) is 13.6. The second-order valence-electron chi connectivity index (χ2n) is 8.28. The molecule has 2 N–H and O–H groups in total. The largest absolute Gasteiger partial charge is 0.386 e. The quantitative estimate of drug-likeness (QED) is 0.411. The molecule has 0 amide bonds. The molecule has 0 unspecified atom stereocenters. The predicted molar refractivity (Wildman–Crippen MR) is 116 cm³/mol. The summed E-state index contributed by atoms with van der Waals surface area (Å²) in [7, 11) is 0. The Bertz CT molecular complexity index is 1290. The van der Waals surface area contributed by atoms with Crippen LogP contribution >= 0.6 is 0 Å². The van der Waals surface area contributed by atoms with Crippen LogP contribution in [0.3, 0.4) is 0 Å². The van der Waals surface area contributed by atoms with E-state index in [2.05, 4.69) is 4.98 Å². The van der Waals surface area contributed by atoms with Crippen LogP contribution in [-0.4, -0.2) is 15.9 Å². The van der Waals surface area contributed by atoms with Crippen molar-refractivity contribution in [1.29, 1.82) is 0 Å². The van der Waals surface area contributed by atoms with E-state index >= 15 is 4.39 Å². The summed E-state index contributed by atoms with van der Waals surface area (Å²) in [5.74, 6) is -0.612. The van der Waals surface area contributed by atoms with Crippen molar-refractivity contribution in [3.05, 3.63) is 70.5 Å². The van der Waals surface area contributed by atoms with Crippen LogP contribution in [0.5, 0.6) is 0 Å². The maximum atomic E-state index is 15.4. The molecule has 0 atom stereocenters. The second-order valence-corrected chi connectivity index (χ2v) is 8.28. The van der Waals surface area contributed by atoms with Gasteiger partial charge in [0.1, 0.15) is 5.82 Å². The highest BCUT2D eigenvalue weighted by Crippen LogP contribution is 2.41. The van der Waals surface area contributed by atoms with E-state index in [1.54, 1.807) is 13.8 Å². The molecule has 0 saturated heterocycles. The van der Waals surface area contributed by atoms with Crippen molar-refractivity contribution in [1.82, 2.24) is 4.98 Å². The number of H-pyrrole nitrogens is 1. The smallest absolute Gasteiger partial charge is 0.162 e. The first-order valence-electron chi connectivity index (χ1n) is 9.68. The molecule has 4 rings (SSSR count). The van der Waals surface area contributed by atoms with E-state index in [1.807, 2.05) is 50.2 Å². The molecule has 0 aliphatic rings. The number of hydrogen-bond acceptors (Lipinski definition) is 2. The van der Waals surface area contributed by atoms with Gasteiger partial charge in [-0.05, 0) is 69.0 Å². The van der Waals surface area contributed by atoms with E-state index in [1.165, 1.54) is 13.0 Å². The molecule has 1 heterocycles. The Hall–Kier alpha value is -2.98. The number of aliphatic hydroxyl groups is 1. The van der Waals surface area contributed by atoms with Gasteiger partial charge in [-0.15, -0.1) is 0 Å². The fourth-order valence-corrected chi connectivity index (χ4v) is 3.99. The molecule has 0 aliphatic heterocycles. The van der Waals surface area contributed by atoms with Crippen LogP contribution in [0, 0.1) is 19.7 Å². The number of fused-ring (bicyclic) bond motifs is 3. The van der Waals surface area contributed by atoms with E-state index in [0.29, 0.717) is 22.0 Å². The Morgan fingerprint density at radius 2 is 1.83 bits per heavy atom. The molecule has 29 heavy (non-hydrogen) atoms. The number of ketones is 1. The normalized spacial score (nSPS) is 12.1. The minimum atomic E-state index is -1.00. The molecule has 0 fully saturated rings. The van der Waals surface area contributed by atoms with Crippen LogP contribution in [-0.2, 0) is 5.60 Å². The lowest BCUT2D eigenvalue weighted by molar-refractivity contribution is 0.0787. The second kappa shape index (κ2) is 6.53. The first kappa shape index (κ1) is 19.3. The van der Waals surface area contributed by atoms with Crippen molar-refractivity contribution >= 4 is 27.6 Å². The average Bonchev–Trinajstić information content (AvgIpc) is 3.01. The summed E-state index contributed by atoms with van der Waals surface area (Å²) in [4.78, 5) is 15.6. The van der Waals surface area contributed by atoms with Gasteiger partial charge in [0.25, 0.3) is 0 Å². The van der Waals surface area contributed by atoms with E-state index in [-0.39, 0.29) is 5.78 Å². The minimum absolute atomic E-state index is 0.198. The van der Waals surface area contributed by atoms with Crippen molar-refractivity contribution in [2.75, 3.05) is 0 Å². The zero-order valence-electron chi connectivity index (χ0n) is 17.3. The zero-order valence-corrected chi connectivity index (χ0v) is 17.3. The monoisotopic (exact) mass is 389 g/mol.